The monoisotopic (exact) mass is 486 g/mol. The first-order valence-corrected chi connectivity index (χ1v) is 11.6. The van der Waals surface area contributed by atoms with E-state index >= 15 is 0 Å². The Labute approximate surface area is 206 Å². The molecule has 190 valence electrons. The molecule has 0 aromatic heterocycles. The smallest absolute Gasteiger partial charge is 0.255 e. The van der Waals surface area contributed by atoms with Gasteiger partial charge in [0.25, 0.3) is 5.91 Å². The molecule has 0 bridgehead atoms. The van der Waals surface area contributed by atoms with Crippen LogP contribution in [0.5, 0.6) is 23.0 Å². The van der Waals surface area contributed by atoms with Crippen LogP contribution in [0.25, 0.3) is 0 Å². The van der Waals surface area contributed by atoms with Crippen LogP contribution >= 0.6 is 0 Å². The van der Waals surface area contributed by atoms with Gasteiger partial charge in [-0.3, -0.25) is 14.5 Å². The van der Waals surface area contributed by atoms with Gasteiger partial charge in [-0.05, 0) is 49.7 Å². The van der Waals surface area contributed by atoms with E-state index in [0.717, 1.165) is 45.7 Å². The molecule has 0 spiro atoms. The minimum atomic E-state index is -0.389. The lowest BCUT2D eigenvalue weighted by Crippen LogP contribution is -2.36. The van der Waals surface area contributed by atoms with Gasteiger partial charge >= 0.3 is 0 Å². The van der Waals surface area contributed by atoms with Crippen LogP contribution in [-0.4, -0.2) is 77.9 Å². The molecule has 1 aliphatic heterocycles. The molecule has 1 fully saturated rings. The summed E-state index contributed by atoms with van der Waals surface area (Å²) in [6.07, 6.45) is 1.94. The molecule has 1 heterocycles. The highest BCUT2D eigenvalue weighted by atomic mass is 16.5. The molecular weight excluding hydrogens is 452 g/mol. The summed E-state index contributed by atoms with van der Waals surface area (Å²) in [5.41, 5.74) is 0.975. The minimum Gasteiger partial charge on any atom is -0.497 e. The van der Waals surface area contributed by atoms with E-state index in [0.29, 0.717) is 34.8 Å². The first kappa shape index (κ1) is 26.3. The normalized spacial score (nSPS) is 13.7. The fraction of sp³-hybridized carbons (Fsp3) is 0.462. The van der Waals surface area contributed by atoms with E-state index in [1.165, 1.54) is 21.3 Å². The molecule has 0 unspecified atom stereocenters. The van der Waals surface area contributed by atoms with Gasteiger partial charge in [0.1, 0.15) is 5.75 Å². The third kappa shape index (κ3) is 6.64. The molecule has 9 nitrogen and oxygen atoms in total. The zero-order valence-electron chi connectivity index (χ0n) is 20.8. The Kier molecular flexibility index (Phi) is 9.75. The number of morpholine rings is 1. The summed E-state index contributed by atoms with van der Waals surface area (Å²) in [4.78, 5) is 28.7. The zero-order valence-corrected chi connectivity index (χ0v) is 20.8. The molecule has 1 saturated heterocycles. The third-order valence-electron chi connectivity index (χ3n) is 5.95. The van der Waals surface area contributed by atoms with Gasteiger partial charge < -0.3 is 29.0 Å². The maximum Gasteiger partial charge on any atom is 0.255 e. The average Bonchev–Trinajstić information content (AvgIpc) is 2.90. The van der Waals surface area contributed by atoms with Crippen molar-refractivity contribution in [3.05, 3.63) is 41.5 Å². The van der Waals surface area contributed by atoms with Crippen LogP contribution in [0.2, 0.25) is 0 Å². The molecule has 0 radical (unpaired) electrons. The highest BCUT2D eigenvalue weighted by Crippen LogP contribution is 2.45. The van der Waals surface area contributed by atoms with Gasteiger partial charge in [0.2, 0.25) is 5.75 Å². The van der Waals surface area contributed by atoms with Crippen molar-refractivity contribution in [2.45, 2.75) is 19.3 Å². The average molecular weight is 487 g/mol. The number of nitrogens with one attached hydrogen (secondary N) is 1. The molecule has 0 atom stereocenters. The molecule has 3 rings (SSSR count). The van der Waals surface area contributed by atoms with E-state index in [4.69, 9.17) is 23.7 Å². The predicted molar refractivity (Wildman–Crippen MR) is 132 cm³/mol. The van der Waals surface area contributed by atoms with Gasteiger partial charge in [-0.1, -0.05) is 0 Å². The second-order valence-electron chi connectivity index (χ2n) is 8.08. The van der Waals surface area contributed by atoms with Crippen molar-refractivity contribution >= 4 is 17.4 Å². The number of benzene rings is 2. The summed E-state index contributed by atoms with van der Waals surface area (Å²) >= 11 is 0. The number of amides is 1. The molecule has 2 aromatic rings. The topological polar surface area (TPSA) is 95.6 Å². The predicted octanol–water partition coefficient (Wildman–Crippen LogP) is 3.66. The Bertz CT molecular complexity index is 1000. The van der Waals surface area contributed by atoms with Crippen LogP contribution in [-0.2, 0) is 4.74 Å². The van der Waals surface area contributed by atoms with E-state index in [2.05, 4.69) is 10.2 Å². The van der Waals surface area contributed by atoms with Crippen molar-refractivity contribution < 1.29 is 33.3 Å². The summed E-state index contributed by atoms with van der Waals surface area (Å²) in [6, 6.07) is 8.28. The second-order valence-corrected chi connectivity index (χ2v) is 8.08. The standard InChI is InChI=1S/C26H34N2O7/c1-31-19-10-8-18(9-11-19)26(30)27-23-20(17-22(32-2)24(33-3)25(23)34-4)21(29)7-5-6-12-28-13-15-35-16-14-28/h8-11,17H,5-7,12-16H2,1-4H3,(H,27,30). The molecule has 1 aliphatic rings. The molecule has 1 N–H and O–H groups in total. The Morgan fingerprint density at radius 2 is 1.60 bits per heavy atom. The summed E-state index contributed by atoms with van der Waals surface area (Å²) in [5.74, 6) is 1.01. The zero-order chi connectivity index (χ0) is 25.2. The quantitative estimate of drug-likeness (QED) is 0.359. The number of carbonyl (C=O) groups is 2. The summed E-state index contributed by atoms with van der Waals surface area (Å²) in [7, 11) is 5.98. The Morgan fingerprint density at radius 1 is 0.914 bits per heavy atom. The highest BCUT2D eigenvalue weighted by Gasteiger charge is 2.26. The van der Waals surface area contributed by atoms with Crippen LogP contribution in [0.4, 0.5) is 5.69 Å². The molecule has 35 heavy (non-hydrogen) atoms. The van der Waals surface area contributed by atoms with Crippen LogP contribution in [0.1, 0.15) is 40.0 Å². The fourth-order valence-electron chi connectivity index (χ4n) is 4.01. The van der Waals surface area contributed by atoms with Crippen molar-refractivity contribution in [1.29, 1.82) is 0 Å². The van der Waals surface area contributed by atoms with Crippen molar-refractivity contribution in [2.75, 3.05) is 66.6 Å². The molecule has 2 aromatic carbocycles. The molecule has 1 amide bonds. The fourth-order valence-corrected chi connectivity index (χ4v) is 4.01. The Balaban J connectivity index is 1.82. The number of anilines is 1. The van der Waals surface area contributed by atoms with Crippen LogP contribution < -0.4 is 24.3 Å². The highest BCUT2D eigenvalue weighted by molar-refractivity contribution is 6.11. The van der Waals surface area contributed by atoms with E-state index in [1.54, 1.807) is 37.4 Å². The number of nitrogens with zero attached hydrogens (tertiary/aromatic N) is 1. The van der Waals surface area contributed by atoms with Crippen molar-refractivity contribution in [3.63, 3.8) is 0 Å². The van der Waals surface area contributed by atoms with Crippen LogP contribution in [0.3, 0.4) is 0 Å². The first-order chi connectivity index (χ1) is 17.0. The van der Waals surface area contributed by atoms with E-state index in [9.17, 15) is 9.59 Å². The van der Waals surface area contributed by atoms with Gasteiger partial charge in [-0.2, -0.15) is 0 Å². The van der Waals surface area contributed by atoms with Gasteiger partial charge in [0, 0.05) is 30.6 Å². The minimum absolute atomic E-state index is 0.115. The number of unbranched alkanes of at least 4 members (excludes halogenated alkanes) is 1. The number of rotatable bonds is 12. The number of ketones is 1. The Hall–Kier alpha value is -3.30. The number of ether oxygens (including phenoxy) is 5. The van der Waals surface area contributed by atoms with Gasteiger partial charge in [-0.15, -0.1) is 0 Å². The molecule has 0 aliphatic carbocycles. The largest absolute Gasteiger partial charge is 0.497 e. The molecule has 0 saturated carbocycles. The lowest BCUT2D eigenvalue weighted by Gasteiger charge is -2.26. The van der Waals surface area contributed by atoms with Crippen molar-refractivity contribution in [3.8, 4) is 23.0 Å². The summed E-state index contributed by atoms with van der Waals surface area (Å²) in [5, 5.41) is 2.85. The molecule has 9 heteroatoms. The Morgan fingerprint density at radius 3 is 2.20 bits per heavy atom. The SMILES string of the molecule is COc1ccc(C(=O)Nc2c(C(=O)CCCCN3CCOCC3)cc(OC)c(OC)c2OC)cc1. The second kappa shape index (κ2) is 13.0. The molecular formula is C26H34N2O7. The van der Waals surface area contributed by atoms with Gasteiger partial charge in [0.15, 0.2) is 17.3 Å². The van der Waals surface area contributed by atoms with E-state index in [1.807, 2.05) is 0 Å². The van der Waals surface area contributed by atoms with Crippen molar-refractivity contribution in [1.82, 2.24) is 4.90 Å². The van der Waals surface area contributed by atoms with Gasteiger partial charge in [0.05, 0.1) is 47.3 Å². The summed E-state index contributed by atoms with van der Waals surface area (Å²) in [6.45, 7) is 4.26. The lowest BCUT2D eigenvalue weighted by atomic mass is 10.0. The number of carbonyl (C=O) groups excluding carboxylic acids is 2. The number of Topliss-reactive ketones (excluding diaryl/α,β-unsaturated/α-hetero) is 1. The van der Waals surface area contributed by atoms with E-state index in [-0.39, 0.29) is 23.1 Å². The number of methoxy groups -OCH3 is 4. The maximum absolute atomic E-state index is 13.3. The lowest BCUT2D eigenvalue weighted by molar-refractivity contribution is 0.0371. The van der Waals surface area contributed by atoms with Crippen molar-refractivity contribution in [2.24, 2.45) is 0 Å². The van der Waals surface area contributed by atoms with E-state index < -0.39 is 0 Å². The van der Waals surface area contributed by atoms with Gasteiger partial charge in [-0.25, -0.2) is 0 Å². The van der Waals surface area contributed by atoms with Crippen LogP contribution in [0.15, 0.2) is 30.3 Å². The number of hydrogen-bond donors (Lipinski definition) is 1. The number of hydrogen-bond acceptors (Lipinski definition) is 8. The summed E-state index contributed by atoms with van der Waals surface area (Å²) < 4.78 is 27.0. The maximum atomic E-state index is 13.3. The van der Waals surface area contributed by atoms with Crippen LogP contribution in [0, 0.1) is 0 Å². The third-order valence-corrected chi connectivity index (χ3v) is 5.95. The first-order valence-electron chi connectivity index (χ1n) is 11.6.